The molecule has 0 atom stereocenters. The molecule has 0 amide bonds. The molecule has 150 valence electrons. The Labute approximate surface area is 190 Å². The number of thiophene rings is 1. The fourth-order valence-corrected chi connectivity index (χ4v) is 5.53. The Hall–Kier alpha value is -2.39. The lowest BCUT2D eigenvalue weighted by Crippen LogP contribution is -2.03. The molecule has 0 saturated carbocycles. The summed E-state index contributed by atoms with van der Waals surface area (Å²) in [4.78, 5) is 4.76. The maximum Gasteiger partial charge on any atom is 0.192 e. The highest BCUT2D eigenvalue weighted by molar-refractivity contribution is 7.98. The number of aromatic nitrogens is 4. The summed E-state index contributed by atoms with van der Waals surface area (Å²) < 4.78 is 7.63. The fourth-order valence-electron chi connectivity index (χ4n) is 2.94. The standard InChI is InChI=1S/C21H15ClN4OS3/c22-16-5-3-14(4-6-16)19-24-25-21(26(19)10-18-2-1-8-27-18)30-13-17-12-29-20(23-17)15-7-9-28-11-15/h1-9,11-12H,10,13H2. The van der Waals surface area contributed by atoms with E-state index in [1.54, 1.807) is 40.7 Å². The van der Waals surface area contributed by atoms with Crippen LogP contribution in [-0.4, -0.2) is 19.7 Å². The van der Waals surface area contributed by atoms with Crippen LogP contribution in [0.4, 0.5) is 0 Å². The van der Waals surface area contributed by atoms with Gasteiger partial charge < -0.3 is 4.42 Å². The summed E-state index contributed by atoms with van der Waals surface area (Å²) in [7, 11) is 0. The molecule has 0 radical (unpaired) electrons. The average Bonchev–Trinajstić information content (AvgIpc) is 3.55. The van der Waals surface area contributed by atoms with Crippen LogP contribution < -0.4 is 0 Å². The van der Waals surface area contributed by atoms with Crippen molar-refractivity contribution in [1.82, 2.24) is 19.7 Å². The van der Waals surface area contributed by atoms with Gasteiger partial charge in [-0.25, -0.2) is 4.98 Å². The number of hydrogen-bond acceptors (Lipinski definition) is 7. The Balaban J connectivity index is 1.40. The number of nitrogens with zero attached hydrogens (tertiary/aromatic N) is 4. The number of hydrogen-bond donors (Lipinski definition) is 0. The first-order valence-electron chi connectivity index (χ1n) is 9.07. The van der Waals surface area contributed by atoms with Crippen LogP contribution in [-0.2, 0) is 12.3 Å². The second-order valence-electron chi connectivity index (χ2n) is 6.42. The molecule has 5 aromatic rings. The molecular weight excluding hydrogens is 456 g/mol. The van der Waals surface area contributed by atoms with Gasteiger partial charge in [0.25, 0.3) is 0 Å². The van der Waals surface area contributed by atoms with E-state index in [-0.39, 0.29) is 0 Å². The molecule has 30 heavy (non-hydrogen) atoms. The van der Waals surface area contributed by atoms with Gasteiger partial charge in [-0.15, -0.1) is 21.5 Å². The smallest absolute Gasteiger partial charge is 0.192 e. The molecule has 1 aromatic carbocycles. The highest BCUT2D eigenvalue weighted by Crippen LogP contribution is 2.31. The number of thioether (sulfide) groups is 1. The third-order valence-electron chi connectivity index (χ3n) is 4.38. The molecule has 5 nitrogen and oxygen atoms in total. The third-order valence-corrected chi connectivity index (χ3v) is 7.26. The normalized spacial score (nSPS) is 11.2. The fraction of sp³-hybridized carbons (Fsp3) is 0.0952. The molecule has 5 rings (SSSR count). The van der Waals surface area contributed by atoms with Crippen LogP contribution in [0.5, 0.6) is 0 Å². The van der Waals surface area contributed by atoms with E-state index in [0.29, 0.717) is 11.6 Å². The van der Waals surface area contributed by atoms with E-state index in [0.717, 1.165) is 38.8 Å². The summed E-state index contributed by atoms with van der Waals surface area (Å²) in [6, 6.07) is 13.6. The predicted octanol–water partition coefficient (Wildman–Crippen LogP) is 6.72. The number of benzene rings is 1. The van der Waals surface area contributed by atoms with Gasteiger partial charge >= 0.3 is 0 Å². The van der Waals surface area contributed by atoms with Gasteiger partial charge in [0.05, 0.1) is 18.5 Å². The molecule has 0 fully saturated rings. The van der Waals surface area contributed by atoms with E-state index in [1.165, 1.54) is 5.56 Å². The van der Waals surface area contributed by atoms with Crippen LogP contribution in [0.15, 0.2) is 74.4 Å². The van der Waals surface area contributed by atoms with Gasteiger partial charge in [0.15, 0.2) is 11.0 Å². The van der Waals surface area contributed by atoms with Crippen molar-refractivity contribution in [2.75, 3.05) is 0 Å². The minimum atomic E-state index is 0.553. The molecular formula is C21H15ClN4OS3. The van der Waals surface area contributed by atoms with Gasteiger partial charge in [-0.1, -0.05) is 23.4 Å². The van der Waals surface area contributed by atoms with Crippen molar-refractivity contribution in [3.63, 3.8) is 0 Å². The maximum atomic E-state index is 6.05. The van der Waals surface area contributed by atoms with E-state index in [9.17, 15) is 0 Å². The number of furan rings is 1. The highest BCUT2D eigenvalue weighted by Gasteiger charge is 2.17. The molecule has 9 heteroatoms. The van der Waals surface area contributed by atoms with Crippen LogP contribution in [0.1, 0.15) is 11.5 Å². The molecule has 0 unspecified atom stereocenters. The quantitative estimate of drug-likeness (QED) is 0.247. The van der Waals surface area contributed by atoms with Gasteiger partial charge in [0.2, 0.25) is 0 Å². The lowest BCUT2D eigenvalue weighted by atomic mass is 10.2. The Bertz CT molecular complexity index is 1230. The predicted molar refractivity (Wildman–Crippen MR) is 123 cm³/mol. The monoisotopic (exact) mass is 470 g/mol. The van der Waals surface area contributed by atoms with E-state index < -0.39 is 0 Å². The van der Waals surface area contributed by atoms with Crippen molar-refractivity contribution in [2.24, 2.45) is 0 Å². The zero-order chi connectivity index (χ0) is 20.3. The summed E-state index contributed by atoms with van der Waals surface area (Å²) in [5.41, 5.74) is 3.16. The van der Waals surface area contributed by atoms with E-state index in [1.807, 2.05) is 36.4 Å². The summed E-state index contributed by atoms with van der Waals surface area (Å²) in [6.07, 6.45) is 1.68. The molecule has 0 bridgehead atoms. The highest BCUT2D eigenvalue weighted by atomic mass is 35.5. The molecule has 0 aliphatic heterocycles. The molecule has 0 N–H and O–H groups in total. The van der Waals surface area contributed by atoms with Crippen molar-refractivity contribution in [3.05, 3.63) is 81.3 Å². The minimum absolute atomic E-state index is 0.553. The third kappa shape index (κ3) is 4.22. The van der Waals surface area contributed by atoms with Gasteiger partial charge in [-0.05, 0) is 47.8 Å². The van der Waals surface area contributed by atoms with Crippen LogP contribution in [0.25, 0.3) is 22.0 Å². The van der Waals surface area contributed by atoms with E-state index in [4.69, 9.17) is 21.0 Å². The first-order valence-corrected chi connectivity index (χ1v) is 12.3. The second-order valence-corrected chi connectivity index (χ2v) is 9.44. The van der Waals surface area contributed by atoms with Crippen LogP contribution in [0, 0.1) is 0 Å². The molecule has 4 aromatic heterocycles. The Morgan fingerprint density at radius 2 is 1.93 bits per heavy atom. The van der Waals surface area contributed by atoms with Crippen molar-refractivity contribution in [1.29, 1.82) is 0 Å². The zero-order valence-corrected chi connectivity index (χ0v) is 18.8. The molecule has 4 heterocycles. The van der Waals surface area contributed by atoms with Crippen LogP contribution in [0.3, 0.4) is 0 Å². The van der Waals surface area contributed by atoms with Crippen molar-refractivity contribution < 1.29 is 4.42 Å². The Kier molecular flexibility index (Phi) is 5.72. The van der Waals surface area contributed by atoms with E-state index in [2.05, 4.69) is 37.0 Å². The SMILES string of the molecule is Clc1ccc(-c2nnc(SCc3csc(-c4ccsc4)n3)n2Cc2ccco2)cc1. The largest absolute Gasteiger partial charge is 0.467 e. The maximum absolute atomic E-state index is 6.05. The topological polar surface area (TPSA) is 56.7 Å². The first-order chi connectivity index (χ1) is 14.8. The first kappa shape index (κ1) is 19.6. The van der Waals surface area contributed by atoms with Crippen molar-refractivity contribution >= 4 is 46.0 Å². The summed E-state index contributed by atoms with van der Waals surface area (Å²) in [6.45, 7) is 0.553. The second kappa shape index (κ2) is 8.77. The number of rotatable bonds is 7. The molecule has 0 saturated heterocycles. The van der Waals surface area contributed by atoms with Gasteiger partial charge in [0, 0.05) is 32.7 Å². The Morgan fingerprint density at radius 1 is 1.03 bits per heavy atom. The van der Waals surface area contributed by atoms with Gasteiger partial charge in [-0.2, -0.15) is 11.3 Å². The lowest BCUT2D eigenvalue weighted by Gasteiger charge is -2.08. The van der Waals surface area contributed by atoms with E-state index >= 15 is 0 Å². The number of halogens is 1. The lowest BCUT2D eigenvalue weighted by molar-refractivity contribution is 0.485. The molecule has 0 spiro atoms. The summed E-state index contributed by atoms with van der Waals surface area (Å²) in [5.74, 6) is 2.35. The van der Waals surface area contributed by atoms with Crippen molar-refractivity contribution in [3.8, 4) is 22.0 Å². The van der Waals surface area contributed by atoms with Gasteiger partial charge in [-0.3, -0.25) is 4.57 Å². The van der Waals surface area contributed by atoms with Crippen LogP contribution in [0.2, 0.25) is 5.02 Å². The number of thiazole rings is 1. The average molecular weight is 471 g/mol. The van der Waals surface area contributed by atoms with Crippen LogP contribution >= 0.6 is 46.0 Å². The summed E-state index contributed by atoms with van der Waals surface area (Å²) >= 11 is 11.0. The summed E-state index contributed by atoms with van der Waals surface area (Å²) in [5, 5.41) is 17.7. The van der Waals surface area contributed by atoms with Crippen molar-refractivity contribution in [2.45, 2.75) is 17.5 Å². The Morgan fingerprint density at radius 3 is 2.70 bits per heavy atom. The molecule has 0 aliphatic carbocycles. The molecule has 0 aliphatic rings. The van der Waals surface area contributed by atoms with Gasteiger partial charge in [0.1, 0.15) is 10.8 Å². The minimum Gasteiger partial charge on any atom is -0.467 e. The zero-order valence-electron chi connectivity index (χ0n) is 15.6.